The van der Waals surface area contributed by atoms with Gasteiger partial charge in [0, 0.05) is 5.56 Å². The van der Waals surface area contributed by atoms with Crippen LogP contribution in [0.5, 0.6) is 5.75 Å². The van der Waals surface area contributed by atoms with Gasteiger partial charge in [0.2, 0.25) is 0 Å². The summed E-state index contributed by atoms with van der Waals surface area (Å²) in [4.78, 5) is 13.8. The van der Waals surface area contributed by atoms with E-state index in [0.717, 1.165) is 17.9 Å². The largest absolute Gasteiger partial charge is 0.493 e. The van der Waals surface area contributed by atoms with E-state index in [1.165, 1.54) is 32.4 Å². The van der Waals surface area contributed by atoms with Gasteiger partial charge in [-0.25, -0.2) is 0 Å². The summed E-state index contributed by atoms with van der Waals surface area (Å²) in [6.45, 7) is 8.40. The smallest absolute Gasteiger partial charge is 0.168 e. The number of hydrogen-bond acceptors (Lipinski definition) is 2. The van der Waals surface area contributed by atoms with Gasteiger partial charge >= 0.3 is 0 Å². The Morgan fingerprint density at radius 2 is 1.81 bits per heavy atom. The molecule has 0 unspecified atom stereocenters. The van der Waals surface area contributed by atoms with Gasteiger partial charge in [-0.1, -0.05) is 13.8 Å². The van der Waals surface area contributed by atoms with Crippen LogP contribution >= 0.6 is 0 Å². The molecule has 1 N–H and O–H groups in total. The van der Waals surface area contributed by atoms with Crippen molar-refractivity contribution in [3.63, 3.8) is 0 Å². The van der Waals surface area contributed by atoms with Crippen LogP contribution in [0.25, 0.3) is 0 Å². The molecule has 1 aliphatic rings. The number of hydrogen-bond donors (Lipinski definition) is 1. The van der Waals surface area contributed by atoms with Crippen LogP contribution in [0.2, 0.25) is 0 Å². The lowest BCUT2D eigenvalue weighted by Gasteiger charge is -2.23. The zero-order chi connectivity index (χ0) is 15.1. The minimum atomic E-state index is 0.253. The molecular weight excluding hydrogens is 262 g/mol. The number of Topliss-reactive ketones (excluding diaryl/α,β-unsaturated/α-hetero) is 1. The van der Waals surface area contributed by atoms with E-state index in [2.05, 4.69) is 13.8 Å². The summed E-state index contributed by atoms with van der Waals surface area (Å²) in [7, 11) is 0. The zero-order valence-electron chi connectivity index (χ0n) is 13.4. The van der Waals surface area contributed by atoms with Gasteiger partial charge in [-0.05, 0) is 49.4 Å². The van der Waals surface area contributed by atoms with Gasteiger partial charge in [0.15, 0.2) is 5.78 Å². The van der Waals surface area contributed by atoms with Gasteiger partial charge in [-0.3, -0.25) is 4.79 Å². The lowest BCUT2D eigenvalue weighted by atomic mass is 10.1. The topological polar surface area (TPSA) is 30.7 Å². The number of carbonyl (C=O) groups excluding carboxylic acids is 1. The summed E-state index contributed by atoms with van der Waals surface area (Å²) < 4.78 is 5.64. The highest BCUT2D eigenvalue weighted by molar-refractivity contribution is 5.96. The SMILES string of the molecule is CC(C)COc1ccc(C(=O)CC[NH+]2CCCCC2)cc1. The molecule has 1 saturated heterocycles. The molecule has 2 rings (SSSR count). The van der Waals surface area contributed by atoms with Crippen LogP contribution in [0.3, 0.4) is 0 Å². The lowest BCUT2D eigenvalue weighted by molar-refractivity contribution is -0.904. The third kappa shape index (κ3) is 5.50. The van der Waals surface area contributed by atoms with Crippen molar-refractivity contribution in [2.45, 2.75) is 39.5 Å². The van der Waals surface area contributed by atoms with Gasteiger partial charge in [0.1, 0.15) is 5.75 Å². The highest BCUT2D eigenvalue weighted by atomic mass is 16.5. The molecule has 116 valence electrons. The Hall–Kier alpha value is -1.35. The summed E-state index contributed by atoms with van der Waals surface area (Å²) in [5.41, 5.74) is 0.809. The Labute approximate surface area is 128 Å². The summed E-state index contributed by atoms with van der Waals surface area (Å²) in [5.74, 6) is 1.62. The van der Waals surface area contributed by atoms with E-state index in [4.69, 9.17) is 4.74 Å². The maximum atomic E-state index is 12.2. The van der Waals surface area contributed by atoms with Crippen LogP contribution in [0.4, 0.5) is 0 Å². The number of rotatable bonds is 7. The second-order valence-electron chi connectivity index (χ2n) is 6.46. The Kier molecular flexibility index (Phi) is 6.24. The standard InChI is InChI=1S/C18H27NO2/c1-15(2)14-21-17-8-6-16(7-9-17)18(20)10-13-19-11-4-3-5-12-19/h6-9,15H,3-5,10-14H2,1-2H3/p+1. The average molecular weight is 290 g/mol. The van der Waals surface area contributed by atoms with Crippen molar-refractivity contribution >= 4 is 5.78 Å². The number of likely N-dealkylation sites (tertiary alicyclic amines) is 1. The highest BCUT2D eigenvalue weighted by Gasteiger charge is 2.15. The van der Waals surface area contributed by atoms with Crippen LogP contribution in [0.15, 0.2) is 24.3 Å². The third-order valence-electron chi connectivity index (χ3n) is 4.03. The first-order valence-electron chi connectivity index (χ1n) is 8.25. The maximum absolute atomic E-state index is 12.2. The molecule has 1 aliphatic heterocycles. The Morgan fingerprint density at radius 3 is 2.43 bits per heavy atom. The first-order chi connectivity index (χ1) is 10.1. The molecule has 1 heterocycles. The predicted molar refractivity (Wildman–Crippen MR) is 85.1 cm³/mol. The van der Waals surface area contributed by atoms with E-state index < -0.39 is 0 Å². The Morgan fingerprint density at radius 1 is 1.14 bits per heavy atom. The molecule has 0 bridgehead atoms. The normalized spacial score (nSPS) is 16.1. The molecule has 21 heavy (non-hydrogen) atoms. The number of quaternary nitrogens is 1. The Bertz CT molecular complexity index is 433. The van der Waals surface area contributed by atoms with Crippen molar-refractivity contribution in [3.05, 3.63) is 29.8 Å². The summed E-state index contributed by atoms with van der Waals surface area (Å²) in [6, 6.07) is 7.60. The second kappa shape index (κ2) is 8.18. The van der Waals surface area contributed by atoms with Crippen LogP contribution in [-0.2, 0) is 0 Å². The molecule has 0 radical (unpaired) electrons. The number of ketones is 1. The summed E-state index contributed by atoms with van der Waals surface area (Å²) in [6.07, 6.45) is 4.63. The lowest BCUT2D eigenvalue weighted by Crippen LogP contribution is -3.12. The minimum Gasteiger partial charge on any atom is -0.493 e. The van der Waals surface area contributed by atoms with Crippen LogP contribution < -0.4 is 9.64 Å². The third-order valence-corrected chi connectivity index (χ3v) is 4.03. The van der Waals surface area contributed by atoms with Crippen molar-refractivity contribution in [3.8, 4) is 5.75 Å². The summed E-state index contributed by atoms with van der Waals surface area (Å²) >= 11 is 0. The molecule has 1 aromatic carbocycles. The number of piperidine rings is 1. The highest BCUT2D eigenvalue weighted by Crippen LogP contribution is 2.14. The quantitative estimate of drug-likeness (QED) is 0.782. The molecule has 1 aromatic rings. The fourth-order valence-electron chi connectivity index (χ4n) is 2.74. The van der Waals surface area contributed by atoms with Crippen molar-refractivity contribution in [1.82, 2.24) is 0 Å². The molecule has 0 aliphatic carbocycles. The molecule has 0 aromatic heterocycles. The van der Waals surface area contributed by atoms with Crippen LogP contribution in [0.1, 0.15) is 49.9 Å². The molecule has 0 amide bonds. The van der Waals surface area contributed by atoms with Gasteiger partial charge in [0.05, 0.1) is 32.7 Å². The Balaban J connectivity index is 1.79. The predicted octanol–water partition coefficient (Wildman–Crippen LogP) is 2.36. The first kappa shape index (κ1) is 16.0. The number of ether oxygens (including phenoxy) is 1. The van der Waals surface area contributed by atoms with E-state index in [-0.39, 0.29) is 5.78 Å². The van der Waals surface area contributed by atoms with Crippen molar-refractivity contribution in [1.29, 1.82) is 0 Å². The van der Waals surface area contributed by atoms with E-state index in [9.17, 15) is 4.79 Å². The number of carbonyl (C=O) groups is 1. The van der Waals surface area contributed by atoms with Gasteiger partial charge in [0.25, 0.3) is 0 Å². The van der Waals surface area contributed by atoms with E-state index >= 15 is 0 Å². The summed E-state index contributed by atoms with van der Waals surface area (Å²) in [5, 5.41) is 0. The van der Waals surface area contributed by atoms with Crippen molar-refractivity contribution < 1.29 is 14.4 Å². The fraction of sp³-hybridized carbons (Fsp3) is 0.611. The second-order valence-corrected chi connectivity index (χ2v) is 6.46. The van der Waals surface area contributed by atoms with E-state index in [1.807, 2.05) is 24.3 Å². The molecule has 3 nitrogen and oxygen atoms in total. The van der Waals surface area contributed by atoms with E-state index in [1.54, 1.807) is 4.90 Å². The first-order valence-corrected chi connectivity index (χ1v) is 8.25. The van der Waals surface area contributed by atoms with Gasteiger partial charge in [-0.15, -0.1) is 0 Å². The fourth-order valence-corrected chi connectivity index (χ4v) is 2.74. The molecular formula is C18H28NO2+. The molecule has 0 spiro atoms. The van der Waals surface area contributed by atoms with Gasteiger partial charge < -0.3 is 9.64 Å². The van der Waals surface area contributed by atoms with Crippen molar-refractivity contribution in [2.75, 3.05) is 26.2 Å². The van der Waals surface area contributed by atoms with Crippen molar-refractivity contribution in [2.24, 2.45) is 5.92 Å². The van der Waals surface area contributed by atoms with Gasteiger partial charge in [-0.2, -0.15) is 0 Å². The number of benzene rings is 1. The number of nitrogens with one attached hydrogen (secondary N) is 1. The molecule has 3 heteroatoms. The molecule has 1 fully saturated rings. The monoisotopic (exact) mass is 290 g/mol. The van der Waals surface area contributed by atoms with E-state index in [0.29, 0.717) is 18.9 Å². The molecule has 0 saturated carbocycles. The van der Waals surface area contributed by atoms with Crippen LogP contribution in [-0.4, -0.2) is 32.0 Å². The molecule has 0 atom stereocenters. The van der Waals surface area contributed by atoms with Crippen LogP contribution in [0, 0.1) is 5.92 Å². The zero-order valence-corrected chi connectivity index (χ0v) is 13.4. The minimum absolute atomic E-state index is 0.253. The maximum Gasteiger partial charge on any atom is 0.168 e. The average Bonchev–Trinajstić information content (AvgIpc) is 2.52.